The van der Waals surface area contributed by atoms with Crippen LogP contribution in [0.5, 0.6) is 0 Å². The number of carbonyl (C=O) groups is 2. The summed E-state index contributed by atoms with van der Waals surface area (Å²) in [4.78, 5) is 31.1. The smallest absolute Gasteiger partial charge is 0.407 e. The van der Waals surface area contributed by atoms with Crippen LogP contribution in [0.3, 0.4) is 0 Å². The van der Waals surface area contributed by atoms with Crippen LogP contribution in [0.4, 0.5) is 4.79 Å². The topological polar surface area (TPSA) is 94.9 Å². The lowest BCUT2D eigenvalue weighted by atomic mass is 9.87. The normalized spacial score (nSPS) is 24.7. The van der Waals surface area contributed by atoms with Gasteiger partial charge in [-0.05, 0) is 29.7 Å². The van der Waals surface area contributed by atoms with E-state index < -0.39 is 11.6 Å². The number of thioether (sulfide) groups is 1. The summed E-state index contributed by atoms with van der Waals surface area (Å²) in [7, 11) is 0. The molecule has 7 nitrogen and oxygen atoms in total. The number of fused-ring (bicyclic) bond motifs is 1. The molecule has 3 heterocycles. The lowest BCUT2D eigenvalue weighted by Gasteiger charge is -2.33. The van der Waals surface area contributed by atoms with Gasteiger partial charge in [0.2, 0.25) is 0 Å². The first-order chi connectivity index (χ1) is 12.6. The molecule has 1 aromatic carbocycles. The molecule has 4 rings (SSSR count). The highest BCUT2D eigenvalue weighted by Crippen LogP contribution is 2.46. The van der Waals surface area contributed by atoms with E-state index in [1.165, 1.54) is 28.2 Å². The number of benzene rings is 1. The molecule has 2 aliphatic heterocycles. The van der Waals surface area contributed by atoms with Gasteiger partial charge in [0, 0.05) is 30.0 Å². The third-order valence-electron chi connectivity index (χ3n) is 4.66. The van der Waals surface area contributed by atoms with Crippen molar-refractivity contribution in [2.45, 2.75) is 5.54 Å². The van der Waals surface area contributed by atoms with E-state index >= 15 is 0 Å². The molecule has 0 aliphatic carbocycles. The molecule has 0 bridgehead atoms. The lowest BCUT2D eigenvalue weighted by Crippen LogP contribution is -2.42. The average molecular weight is 388 g/mol. The minimum absolute atomic E-state index is 0.0569. The van der Waals surface area contributed by atoms with Gasteiger partial charge in [-0.1, -0.05) is 30.0 Å². The van der Waals surface area contributed by atoms with Crippen LogP contribution in [0, 0.1) is 5.92 Å². The standard InChI is InChI=1S/C17H16N4O3S2/c22-14(11-4-2-1-3-5-11)19-15-20-17(13-6-7-18-26-13)10-21(16(23)24)8-12(17)9-25-15/h1-7,12H,8-10H2,(H,23,24)(H,19,20,22)/t12-,17-/m0/s1. The van der Waals surface area contributed by atoms with Crippen LogP contribution in [0.2, 0.25) is 0 Å². The lowest BCUT2D eigenvalue weighted by molar-refractivity contribution is 0.0977. The molecule has 1 saturated heterocycles. The summed E-state index contributed by atoms with van der Waals surface area (Å²) in [5.41, 5.74) is -0.118. The molecule has 0 unspecified atom stereocenters. The van der Waals surface area contributed by atoms with Gasteiger partial charge >= 0.3 is 6.09 Å². The monoisotopic (exact) mass is 388 g/mol. The SMILES string of the molecule is O=C(NC1=N[C@@]2(c3ccns3)CN(C(=O)O)C[C@H]2CS1)c1ccccc1. The Bertz CT molecular complexity index is 856. The highest BCUT2D eigenvalue weighted by molar-refractivity contribution is 8.13. The highest BCUT2D eigenvalue weighted by Gasteiger charge is 2.52. The van der Waals surface area contributed by atoms with Crippen molar-refractivity contribution in [1.82, 2.24) is 14.6 Å². The summed E-state index contributed by atoms with van der Waals surface area (Å²) in [6.45, 7) is 0.712. The van der Waals surface area contributed by atoms with E-state index in [1.54, 1.807) is 30.5 Å². The van der Waals surface area contributed by atoms with Crippen LogP contribution in [-0.2, 0) is 5.54 Å². The third-order valence-corrected chi connectivity index (χ3v) is 6.61. The fourth-order valence-corrected chi connectivity index (χ4v) is 5.28. The second-order valence-electron chi connectivity index (χ2n) is 6.21. The number of nitrogens with one attached hydrogen (secondary N) is 1. The van der Waals surface area contributed by atoms with Crippen LogP contribution in [0.1, 0.15) is 15.2 Å². The Morgan fingerprint density at radius 2 is 2.08 bits per heavy atom. The fourth-order valence-electron chi connectivity index (χ4n) is 3.35. The van der Waals surface area contributed by atoms with E-state index in [2.05, 4.69) is 9.69 Å². The first kappa shape index (κ1) is 17.0. The van der Waals surface area contributed by atoms with Gasteiger partial charge in [-0.2, -0.15) is 0 Å². The van der Waals surface area contributed by atoms with E-state index in [0.29, 0.717) is 23.0 Å². The van der Waals surface area contributed by atoms with E-state index in [1.807, 2.05) is 12.1 Å². The Balaban J connectivity index is 1.65. The fraction of sp³-hybridized carbons (Fsp3) is 0.294. The first-order valence-electron chi connectivity index (χ1n) is 8.06. The molecule has 134 valence electrons. The van der Waals surface area contributed by atoms with Crippen molar-refractivity contribution < 1.29 is 14.7 Å². The molecule has 0 saturated carbocycles. The minimum Gasteiger partial charge on any atom is -0.465 e. The molecule has 2 aromatic rings. The first-order valence-corrected chi connectivity index (χ1v) is 9.82. The zero-order chi connectivity index (χ0) is 18.1. The maximum absolute atomic E-state index is 12.4. The molecule has 2 aliphatic rings. The molecular weight excluding hydrogens is 372 g/mol. The van der Waals surface area contributed by atoms with Crippen molar-refractivity contribution in [2.24, 2.45) is 10.9 Å². The molecule has 1 aromatic heterocycles. The minimum atomic E-state index is -0.946. The number of aromatic nitrogens is 1. The van der Waals surface area contributed by atoms with Crippen LogP contribution in [-0.4, -0.2) is 50.4 Å². The maximum Gasteiger partial charge on any atom is 0.407 e. The van der Waals surface area contributed by atoms with Gasteiger partial charge in [0.05, 0.1) is 11.4 Å². The molecule has 2 N–H and O–H groups in total. The Morgan fingerprint density at radius 1 is 1.27 bits per heavy atom. The van der Waals surface area contributed by atoms with Crippen molar-refractivity contribution in [3.63, 3.8) is 0 Å². The number of aliphatic imine (C=N–C) groups is 1. The number of hydrogen-bond donors (Lipinski definition) is 2. The zero-order valence-electron chi connectivity index (χ0n) is 13.7. The Morgan fingerprint density at radius 3 is 2.77 bits per heavy atom. The quantitative estimate of drug-likeness (QED) is 0.824. The van der Waals surface area contributed by atoms with Crippen molar-refractivity contribution in [1.29, 1.82) is 0 Å². The number of carbonyl (C=O) groups excluding carboxylic acids is 1. The predicted molar refractivity (Wildman–Crippen MR) is 101 cm³/mol. The molecule has 0 spiro atoms. The van der Waals surface area contributed by atoms with Gasteiger partial charge < -0.3 is 15.3 Å². The summed E-state index contributed by atoms with van der Waals surface area (Å²) in [6, 6.07) is 10.8. The van der Waals surface area contributed by atoms with Gasteiger partial charge in [-0.15, -0.1) is 0 Å². The Kier molecular flexibility index (Phi) is 4.41. The number of hydrogen-bond acceptors (Lipinski definition) is 6. The predicted octanol–water partition coefficient (Wildman–Crippen LogP) is 2.48. The van der Waals surface area contributed by atoms with E-state index in [0.717, 1.165) is 4.88 Å². The molecular formula is C17H16N4O3S2. The Hall–Kier alpha value is -2.39. The zero-order valence-corrected chi connectivity index (χ0v) is 15.3. The molecule has 2 amide bonds. The van der Waals surface area contributed by atoms with Gasteiger partial charge in [0.25, 0.3) is 5.91 Å². The van der Waals surface area contributed by atoms with Crippen LogP contribution in [0.25, 0.3) is 0 Å². The molecule has 0 radical (unpaired) electrons. The van der Waals surface area contributed by atoms with Gasteiger partial charge in [0.1, 0.15) is 5.54 Å². The summed E-state index contributed by atoms with van der Waals surface area (Å²) in [5, 5.41) is 12.8. The van der Waals surface area contributed by atoms with Gasteiger partial charge in [-0.3, -0.25) is 4.79 Å². The summed E-state index contributed by atoms with van der Waals surface area (Å²) >= 11 is 2.78. The van der Waals surface area contributed by atoms with Crippen molar-refractivity contribution in [3.05, 3.63) is 53.0 Å². The summed E-state index contributed by atoms with van der Waals surface area (Å²) in [6.07, 6.45) is 0.757. The van der Waals surface area contributed by atoms with E-state index in [4.69, 9.17) is 4.99 Å². The summed E-state index contributed by atoms with van der Waals surface area (Å²) < 4.78 is 4.17. The number of carboxylic acid groups (broad SMARTS) is 1. The highest BCUT2D eigenvalue weighted by atomic mass is 32.2. The number of amides is 2. The molecule has 1 fully saturated rings. The van der Waals surface area contributed by atoms with Crippen molar-refractivity contribution in [3.8, 4) is 0 Å². The van der Waals surface area contributed by atoms with Crippen LogP contribution >= 0.6 is 23.3 Å². The second kappa shape index (κ2) is 6.73. The molecule has 2 atom stereocenters. The number of amidine groups is 1. The maximum atomic E-state index is 12.4. The van der Waals surface area contributed by atoms with Crippen molar-refractivity contribution >= 4 is 40.5 Å². The number of nitrogens with zero attached hydrogens (tertiary/aromatic N) is 3. The largest absolute Gasteiger partial charge is 0.465 e. The number of rotatable bonds is 2. The Labute approximate surface area is 158 Å². The van der Waals surface area contributed by atoms with Crippen LogP contribution in [0.15, 0.2) is 47.6 Å². The van der Waals surface area contributed by atoms with Crippen LogP contribution < -0.4 is 5.32 Å². The van der Waals surface area contributed by atoms with Gasteiger partial charge in [-0.25, -0.2) is 14.2 Å². The van der Waals surface area contributed by atoms with E-state index in [-0.39, 0.29) is 18.4 Å². The molecule has 9 heteroatoms. The number of likely N-dealkylation sites (tertiary alicyclic amines) is 1. The summed E-state index contributed by atoms with van der Waals surface area (Å²) in [5.74, 6) is 0.527. The van der Waals surface area contributed by atoms with E-state index in [9.17, 15) is 14.7 Å². The third kappa shape index (κ3) is 2.97. The second-order valence-corrected chi connectivity index (χ2v) is 8.05. The van der Waals surface area contributed by atoms with Gasteiger partial charge in [0.15, 0.2) is 5.17 Å². The van der Waals surface area contributed by atoms with Crippen molar-refractivity contribution in [2.75, 3.05) is 18.8 Å². The average Bonchev–Trinajstić information content (AvgIpc) is 3.30. The molecule has 26 heavy (non-hydrogen) atoms.